The molecule has 5 nitrogen and oxygen atoms in total. The smallest absolute Gasteiger partial charge is 0.126 e. The Hall–Kier alpha value is -1.59. The van der Waals surface area contributed by atoms with Gasteiger partial charge in [0.25, 0.3) is 0 Å². The first kappa shape index (κ1) is 12.9. The molecule has 2 heterocycles. The lowest BCUT2D eigenvalue weighted by Crippen LogP contribution is -2.08. The molecule has 0 aliphatic carbocycles. The first-order valence-corrected chi connectivity index (χ1v) is 6.09. The minimum Gasteiger partial charge on any atom is -0.467 e. The van der Waals surface area contributed by atoms with Crippen molar-refractivity contribution in [2.75, 3.05) is 20.8 Å². The molecule has 98 valence electrons. The second-order valence-corrected chi connectivity index (χ2v) is 4.07. The largest absolute Gasteiger partial charge is 0.467 e. The number of aromatic nitrogens is 2. The van der Waals surface area contributed by atoms with E-state index in [1.54, 1.807) is 13.4 Å². The molecular weight excluding hydrogens is 230 g/mol. The van der Waals surface area contributed by atoms with Gasteiger partial charge in [-0.25, -0.2) is 0 Å². The Morgan fingerprint density at radius 1 is 1.44 bits per heavy atom. The van der Waals surface area contributed by atoms with Crippen LogP contribution in [0.15, 0.2) is 29.0 Å². The van der Waals surface area contributed by atoms with Gasteiger partial charge in [-0.05, 0) is 25.6 Å². The predicted octanol–water partition coefficient (Wildman–Crippen LogP) is 1.90. The van der Waals surface area contributed by atoms with Crippen LogP contribution in [0, 0.1) is 0 Å². The normalized spacial score (nSPS) is 11.0. The van der Waals surface area contributed by atoms with Gasteiger partial charge in [-0.3, -0.25) is 4.68 Å². The predicted molar refractivity (Wildman–Crippen MR) is 69.2 cm³/mol. The third-order valence-electron chi connectivity index (χ3n) is 2.79. The quantitative estimate of drug-likeness (QED) is 0.761. The lowest BCUT2D eigenvalue weighted by atomic mass is 10.2. The third-order valence-corrected chi connectivity index (χ3v) is 2.79. The minimum absolute atomic E-state index is 0.714. The fraction of sp³-hybridized carbons (Fsp3) is 0.462. The van der Waals surface area contributed by atoms with E-state index in [1.807, 2.05) is 30.1 Å². The monoisotopic (exact) mass is 249 g/mol. The van der Waals surface area contributed by atoms with Crippen LogP contribution in [0.25, 0.3) is 11.3 Å². The molecule has 0 saturated carbocycles. The summed E-state index contributed by atoms with van der Waals surface area (Å²) in [5.41, 5.74) is 2.18. The summed E-state index contributed by atoms with van der Waals surface area (Å²) in [4.78, 5) is 0. The highest BCUT2D eigenvalue weighted by Gasteiger charge is 2.12. The fourth-order valence-electron chi connectivity index (χ4n) is 1.96. The van der Waals surface area contributed by atoms with E-state index in [-0.39, 0.29) is 0 Å². The van der Waals surface area contributed by atoms with Gasteiger partial charge in [0.05, 0.1) is 18.5 Å². The summed E-state index contributed by atoms with van der Waals surface area (Å²) in [6, 6.07) is 3.99. The molecule has 0 aliphatic rings. The van der Waals surface area contributed by atoms with Gasteiger partial charge in [0, 0.05) is 32.0 Å². The molecule has 2 aromatic heterocycles. The van der Waals surface area contributed by atoms with Gasteiger partial charge in [-0.15, -0.1) is 0 Å². The van der Waals surface area contributed by atoms with E-state index >= 15 is 0 Å². The van der Waals surface area contributed by atoms with Gasteiger partial charge in [0.2, 0.25) is 0 Å². The van der Waals surface area contributed by atoms with Crippen LogP contribution in [0.4, 0.5) is 0 Å². The Morgan fingerprint density at radius 2 is 2.33 bits per heavy atom. The Morgan fingerprint density at radius 3 is 3.11 bits per heavy atom. The van der Waals surface area contributed by atoms with Crippen molar-refractivity contribution >= 4 is 0 Å². The Labute approximate surface area is 107 Å². The number of hydrogen-bond donors (Lipinski definition) is 1. The molecule has 0 fully saturated rings. The third kappa shape index (κ3) is 2.80. The summed E-state index contributed by atoms with van der Waals surface area (Å²) >= 11 is 0. The van der Waals surface area contributed by atoms with Gasteiger partial charge >= 0.3 is 0 Å². The van der Waals surface area contributed by atoms with E-state index in [2.05, 4.69) is 10.4 Å². The van der Waals surface area contributed by atoms with E-state index in [1.165, 1.54) is 0 Å². The van der Waals surface area contributed by atoms with Crippen molar-refractivity contribution in [3.05, 3.63) is 30.4 Å². The SMILES string of the molecule is CNCc1occc1-c1ccnn1CCCOC. The molecule has 0 aromatic carbocycles. The zero-order valence-corrected chi connectivity index (χ0v) is 10.8. The van der Waals surface area contributed by atoms with Crippen molar-refractivity contribution in [3.63, 3.8) is 0 Å². The maximum absolute atomic E-state index is 5.48. The maximum atomic E-state index is 5.48. The number of nitrogens with one attached hydrogen (secondary N) is 1. The number of rotatable bonds is 7. The molecule has 2 aromatic rings. The van der Waals surface area contributed by atoms with Crippen LogP contribution >= 0.6 is 0 Å². The molecule has 0 radical (unpaired) electrons. The van der Waals surface area contributed by atoms with E-state index in [0.29, 0.717) is 6.54 Å². The molecule has 1 N–H and O–H groups in total. The average molecular weight is 249 g/mol. The summed E-state index contributed by atoms with van der Waals surface area (Å²) in [6.07, 6.45) is 4.48. The summed E-state index contributed by atoms with van der Waals surface area (Å²) in [5.74, 6) is 0.936. The summed E-state index contributed by atoms with van der Waals surface area (Å²) < 4.78 is 12.5. The second kappa shape index (κ2) is 6.37. The van der Waals surface area contributed by atoms with Gasteiger partial charge < -0.3 is 14.5 Å². The number of ether oxygens (including phenoxy) is 1. The van der Waals surface area contributed by atoms with Crippen molar-refractivity contribution in [2.45, 2.75) is 19.5 Å². The minimum atomic E-state index is 0.714. The Bertz CT molecular complexity index is 476. The number of furan rings is 1. The van der Waals surface area contributed by atoms with E-state index in [9.17, 15) is 0 Å². The lowest BCUT2D eigenvalue weighted by molar-refractivity contribution is 0.189. The molecule has 5 heteroatoms. The first-order valence-electron chi connectivity index (χ1n) is 6.09. The van der Waals surface area contributed by atoms with Gasteiger partial charge in [0.1, 0.15) is 5.76 Å². The van der Waals surface area contributed by atoms with Crippen LogP contribution in [-0.2, 0) is 17.8 Å². The molecule has 0 unspecified atom stereocenters. The topological polar surface area (TPSA) is 52.2 Å². The van der Waals surface area contributed by atoms with Crippen LogP contribution in [0.5, 0.6) is 0 Å². The van der Waals surface area contributed by atoms with E-state index < -0.39 is 0 Å². The molecule has 0 aliphatic heterocycles. The summed E-state index contributed by atoms with van der Waals surface area (Å²) in [6.45, 7) is 2.31. The fourth-order valence-corrected chi connectivity index (χ4v) is 1.96. The van der Waals surface area contributed by atoms with Crippen molar-refractivity contribution < 1.29 is 9.15 Å². The van der Waals surface area contributed by atoms with Crippen molar-refractivity contribution in [3.8, 4) is 11.3 Å². The van der Waals surface area contributed by atoms with Crippen LogP contribution in [0.1, 0.15) is 12.2 Å². The zero-order chi connectivity index (χ0) is 12.8. The molecule has 18 heavy (non-hydrogen) atoms. The molecule has 0 saturated heterocycles. The average Bonchev–Trinajstić information content (AvgIpc) is 2.98. The van der Waals surface area contributed by atoms with Crippen LogP contribution in [0.2, 0.25) is 0 Å². The molecule has 0 atom stereocenters. The molecule has 0 amide bonds. The lowest BCUT2D eigenvalue weighted by Gasteiger charge is -2.07. The Balaban J connectivity index is 2.17. The highest BCUT2D eigenvalue weighted by atomic mass is 16.5. The second-order valence-electron chi connectivity index (χ2n) is 4.07. The van der Waals surface area contributed by atoms with Crippen LogP contribution in [0.3, 0.4) is 0 Å². The van der Waals surface area contributed by atoms with E-state index in [0.717, 1.165) is 36.6 Å². The molecule has 2 rings (SSSR count). The summed E-state index contributed by atoms with van der Waals surface area (Å²) in [7, 11) is 3.62. The zero-order valence-electron chi connectivity index (χ0n) is 10.8. The molecule has 0 spiro atoms. The summed E-state index contributed by atoms with van der Waals surface area (Å²) in [5, 5.41) is 7.45. The molecule has 0 bridgehead atoms. The first-order chi connectivity index (χ1) is 8.86. The highest BCUT2D eigenvalue weighted by Crippen LogP contribution is 2.24. The number of nitrogens with zero attached hydrogens (tertiary/aromatic N) is 2. The van der Waals surface area contributed by atoms with Crippen molar-refractivity contribution in [2.24, 2.45) is 0 Å². The maximum Gasteiger partial charge on any atom is 0.126 e. The van der Waals surface area contributed by atoms with Gasteiger partial charge in [-0.1, -0.05) is 0 Å². The van der Waals surface area contributed by atoms with E-state index in [4.69, 9.17) is 9.15 Å². The highest BCUT2D eigenvalue weighted by molar-refractivity contribution is 5.61. The van der Waals surface area contributed by atoms with Crippen molar-refractivity contribution in [1.82, 2.24) is 15.1 Å². The Kier molecular flexibility index (Phi) is 4.55. The van der Waals surface area contributed by atoms with Crippen LogP contribution in [-0.4, -0.2) is 30.5 Å². The molecular formula is C13H19N3O2. The van der Waals surface area contributed by atoms with Crippen LogP contribution < -0.4 is 5.32 Å². The van der Waals surface area contributed by atoms with Gasteiger partial charge in [0.15, 0.2) is 0 Å². The van der Waals surface area contributed by atoms with Gasteiger partial charge in [-0.2, -0.15) is 5.10 Å². The number of hydrogen-bond acceptors (Lipinski definition) is 4. The van der Waals surface area contributed by atoms with Crippen molar-refractivity contribution in [1.29, 1.82) is 0 Å². The number of aryl methyl sites for hydroxylation is 1. The number of methoxy groups -OCH3 is 1. The standard InChI is InChI=1S/C13H19N3O2/c1-14-10-13-11(5-9-18-13)12-4-6-15-16(12)7-3-8-17-2/h4-6,9,14H,3,7-8,10H2,1-2H3.